The second-order valence-electron chi connectivity index (χ2n) is 5.90. The van der Waals surface area contributed by atoms with Crippen LogP contribution >= 0.6 is 0 Å². The maximum absolute atomic E-state index is 12.6. The lowest BCUT2D eigenvalue weighted by atomic mass is 10.0. The highest BCUT2D eigenvalue weighted by atomic mass is 16.1. The van der Waals surface area contributed by atoms with Crippen LogP contribution < -0.4 is 5.56 Å². The van der Waals surface area contributed by atoms with Crippen LogP contribution in [0.1, 0.15) is 34.0 Å². The summed E-state index contributed by atoms with van der Waals surface area (Å²) in [5, 5.41) is 0. The number of rotatable bonds is 5. The molecule has 1 heterocycles. The van der Waals surface area contributed by atoms with Gasteiger partial charge in [-0.15, -0.1) is 0 Å². The highest BCUT2D eigenvalue weighted by Crippen LogP contribution is 2.11. The normalized spacial score (nSPS) is 10.5. The molecule has 0 amide bonds. The maximum Gasteiger partial charge on any atom is 0.261 e. The van der Waals surface area contributed by atoms with Crippen molar-refractivity contribution in [2.75, 3.05) is 0 Å². The monoisotopic (exact) mass is 317 g/mol. The van der Waals surface area contributed by atoms with Crippen LogP contribution in [0.2, 0.25) is 0 Å². The Bertz CT molecular complexity index is 896. The number of aromatic nitrogens is 1. The van der Waals surface area contributed by atoms with E-state index in [-0.39, 0.29) is 16.9 Å². The molecule has 0 aliphatic carbocycles. The van der Waals surface area contributed by atoms with Crippen LogP contribution in [0.5, 0.6) is 0 Å². The molecular formula is C21H19NO2. The van der Waals surface area contributed by atoms with Gasteiger partial charge >= 0.3 is 0 Å². The number of pyridine rings is 1. The number of benzene rings is 2. The molecule has 0 saturated heterocycles. The third-order valence-electron chi connectivity index (χ3n) is 3.97. The zero-order chi connectivity index (χ0) is 16.9. The Labute approximate surface area is 141 Å². The third kappa shape index (κ3) is 3.69. The van der Waals surface area contributed by atoms with Crippen LogP contribution in [-0.2, 0) is 13.0 Å². The Morgan fingerprint density at radius 1 is 0.875 bits per heavy atom. The molecule has 0 aliphatic heterocycles. The molecule has 0 radical (unpaired) electrons. The predicted molar refractivity (Wildman–Crippen MR) is 95.5 cm³/mol. The van der Waals surface area contributed by atoms with E-state index < -0.39 is 0 Å². The summed E-state index contributed by atoms with van der Waals surface area (Å²) in [4.78, 5) is 24.4. The minimum Gasteiger partial charge on any atom is -0.310 e. The smallest absolute Gasteiger partial charge is 0.261 e. The summed E-state index contributed by atoms with van der Waals surface area (Å²) in [6.45, 7) is 1.90. The molecule has 0 aliphatic rings. The summed E-state index contributed by atoms with van der Waals surface area (Å²) in [5.41, 5.74) is 3.16. The largest absolute Gasteiger partial charge is 0.310 e. The highest BCUT2D eigenvalue weighted by Gasteiger charge is 2.11. The molecule has 0 bridgehead atoms. The van der Waals surface area contributed by atoms with Crippen molar-refractivity contribution in [3.8, 4) is 0 Å². The third-order valence-corrected chi connectivity index (χ3v) is 3.97. The summed E-state index contributed by atoms with van der Waals surface area (Å²) in [6.07, 6.45) is 2.55. The molecular weight excluding hydrogens is 298 g/mol. The lowest BCUT2D eigenvalue weighted by Crippen LogP contribution is -2.26. The maximum atomic E-state index is 12.6. The Hall–Kier alpha value is -2.94. The van der Waals surface area contributed by atoms with Gasteiger partial charge in [0.25, 0.3) is 5.56 Å². The molecule has 0 saturated carbocycles. The van der Waals surface area contributed by atoms with Gasteiger partial charge in [-0.05, 0) is 36.1 Å². The second-order valence-corrected chi connectivity index (χ2v) is 5.90. The first-order valence-corrected chi connectivity index (χ1v) is 7.95. The number of carbonyl (C=O) groups is 1. The van der Waals surface area contributed by atoms with Gasteiger partial charge in [-0.3, -0.25) is 9.59 Å². The SMILES string of the molecule is CC(=O)c1cc(Cc2ccccc2)cn(Cc2ccccc2)c1=O. The summed E-state index contributed by atoms with van der Waals surface area (Å²) >= 11 is 0. The summed E-state index contributed by atoms with van der Waals surface area (Å²) in [5.74, 6) is -0.197. The first-order chi connectivity index (χ1) is 11.6. The first kappa shape index (κ1) is 15.9. The molecule has 24 heavy (non-hydrogen) atoms. The van der Waals surface area contributed by atoms with Crippen molar-refractivity contribution >= 4 is 5.78 Å². The van der Waals surface area contributed by atoms with E-state index in [1.165, 1.54) is 6.92 Å². The van der Waals surface area contributed by atoms with E-state index in [4.69, 9.17) is 0 Å². The van der Waals surface area contributed by atoms with Crippen molar-refractivity contribution in [1.82, 2.24) is 4.57 Å². The van der Waals surface area contributed by atoms with E-state index in [2.05, 4.69) is 0 Å². The minimum atomic E-state index is -0.233. The van der Waals surface area contributed by atoms with Crippen molar-refractivity contribution in [1.29, 1.82) is 0 Å². The van der Waals surface area contributed by atoms with Crippen LogP contribution in [0.15, 0.2) is 77.7 Å². The number of ketones is 1. The number of nitrogens with zero attached hydrogens (tertiary/aromatic N) is 1. The van der Waals surface area contributed by atoms with E-state index in [0.29, 0.717) is 13.0 Å². The fraction of sp³-hybridized carbons (Fsp3) is 0.143. The number of hydrogen-bond acceptors (Lipinski definition) is 2. The lowest BCUT2D eigenvalue weighted by Gasteiger charge is -2.11. The zero-order valence-electron chi connectivity index (χ0n) is 13.6. The average Bonchev–Trinajstić information content (AvgIpc) is 2.59. The van der Waals surface area contributed by atoms with Crippen molar-refractivity contribution < 1.29 is 4.79 Å². The fourth-order valence-electron chi connectivity index (χ4n) is 2.78. The Kier molecular flexibility index (Phi) is 4.71. The average molecular weight is 317 g/mol. The van der Waals surface area contributed by atoms with Gasteiger partial charge in [0.1, 0.15) is 0 Å². The molecule has 3 aromatic rings. The van der Waals surface area contributed by atoms with Crippen molar-refractivity contribution in [2.24, 2.45) is 0 Å². The van der Waals surface area contributed by atoms with E-state index >= 15 is 0 Å². The summed E-state index contributed by atoms with van der Waals surface area (Å²) in [7, 11) is 0. The number of hydrogen-bond donors (Lipinski definition) is 0. The fourth-order valence-corrected chi connectivity index (χ4v) is 2.78. The molecule has 0 unspecified atom stereocenters. The second kappa shape index (κ2) is 7.09. The standard InChI is InChI=1S/C21H19NO2/c1-16(23)20-13-19(12-17-8-4-2-5-9-17)15-22(21(20)24)14-18-10-6-3-7-11-18/h2-11,13,15H,12,14H2,1H3. The van der Waals surface area contributed by atoms with Crippen LogP contribution in [0, 0.1) is 0 Å². The Morgan fingerprint density at radius 3 is 2.04 bits per heavy atom. The van der Waals surface area contributed by atoms with Crippen LogP contribution in [0.4, 0.5) is 0 Å². The van der Waals surface area contributed by atoms with Crippen LogP contribution in [0.3, 0.4) is 0 Å². The topological polar surface area (TPSA) is 39.1 Å². The highest BCUT2D eigenvalue weighted by molar-refractivity contribution is 5.93. The molecule has 3 heteroatoms. The van der Waals surface area contributed by atoms with Crippen LogP contribution in [-0.4, -0.2) is 10.4 Å². The van der Waals surface area contributed by atoms with E-state index in [0.717, 1.165) is 16.7 Å². The van der Waals surface area contributed by atoms with Gasteiger partial charge in [0.05, 0.1) is 12.1 Å². The van der Waals surface area contributed by atoms with E-state index in [1.807, 2.05) is 66.9 Å². The molecule has 2 aromatic carbocycles. The summed E-state index contributed by atoms with van der Waals surface area (Å²) < 4.78 is 1.63. The quantitative estimate of drug-likeness (QED) is 0.673. The van der Waals surface area contributed by atoms with E-state index in [1.54, 1.807) is 10.6 Å². The van der Waals surface area contributed by atoms with Crippen LogP contribution in [0.25, 0.3) is 0 Å². The molecule has 120 valence electrons. The van der Waals surface area contributed by atoms with Crippen molar-refractivity contribution in [3.63, 3.8) is 0 Å². The van der Waals surface area contributed by atoms with Gasteiger partial charge in [0, 0.05) is 6.20 Å². The van der Waals surface area contributed by atoms with Crippen molar-refractivity contribution in [2.45, 2.75) is 19.9 Å². The molecule has 0 spiro atoms. The lowest BCUT2D eigenvalue weighted by molar-refractivity contribution is 0.101. The van der Waals surface area contributed by atoms with Gasteiger partial charge < -0.3 is 4.57 Å². The number of carbonyl (C=O) groups excluding carboxylic acids is 1. The zero-order valence-corrected chi connectivity index (χ0v) is 13.6. The molecule has 0 N–H and O–H groups in total. The van der Waals surface area contributed by atoms with Gasteiger partial charge in [-0.1, -0.05) is 60.7 Å². The minimum absolute atomic E-state index is 0.197. The summed E-state index contributed by atoms with van der Waals surface area (Å²) in [6, 6.07) is 21.5. The van der Waals surface area contributed by atoms with Gasteiger partial charge in [0.2, 0.25) is 0 Å². The Balaban J connectivity index is 2.01. The van der Waals surface area contributed by atoms with Crippen molar-refractivity contribution in [3.05, 3.63) is 106 Å². The number of Topliss-reactive ketones (excluding diaryl/α,β-unsaturated/α-hetero) is 1. The van der Waals surface area contributed by atoms with Gasteiger partial charge in [-0.2, -0.15) is 0 Å². The van der Waals surface area contributed by atoms with E-state index in [9.17, 15) is 9.59 Å². The molecule has 3 rings (SSSR count). The predicted octanol–water partition coefficient (Wildman–Crippen LogP) is 3.69. The Morgan fingerprint density at radius 2 is 1.46 bits per heavy atom. The molecule has 1 aromatic heterocycles. The first-order valence-electron chi connectivity index (χ1n) is 7.95. The van der Waals surface area contributed by atoms with Gasteiger partial charge in [0.15, 0.2) is 5.78 Å². The molecule has 0 fully saturated rings. The molecule has 3 nitrogen and oxygen atoms in total. The van der Waals surface area contributed by atoms with Gasteiger partial charge in [-0.25, -0.2) is 0 Å². The molecule has 0 atom stereocenters.